The van der Waals surface area contributed by atoms with E-state index in [1.54, 1.807) is 11.8 Å². The van der Waals surface area contributed by atoms with Gasteiger partial charge in [0.2, 0.25) is 6.41 Å². The minimum atomic E-state index is -0.289. The summed E-state index contributed by atoms with van der Waals surface area (Å²) in [6, 6.07) is -0.289. The first-order chi connectivity index (χ1) is 6.27. The second kappa shape index (κ2) is 3.01. The van der Waals surface area contributed by atoms with Crippen LogP contribution in [0.3, 0.4) is 0 Å². The first kappa shape index (κ1) is 8.53. The number of hydrogen-bond acceptors (Lipinski definition) is 3. The van der Waals surface area contributed by atoms with Gasteiger partial charge >= 0.3 is 5.97 Å². The number of carbonyl (C=O) groups excluding carboxylic acids is 2. The van der Waals surface area contributed by atoms with Gasteiger partial charge in [-0.1, -0.05) is 0 Å². The molecule has 72 valence electrons. The van der Waals surface area contributed by atoms with E-state index in [1.165, 1.54) is 0 Å². The fraction of sp³-hybridized carbons (Fsp3) is 0.778. The minimum absolute atomic E-state index is 0.236. The van der Waals surface area contributed by atoms with Gasteiger partial charge in [-0.15, -0.1) is 0 Å². The fourth-order valence-electron chi connectivity index (χ4n) is 2.14. The molecule has 1 aliphatic carbocycles. The van der Waals surface area contributed by atoms with Gasteiger partial charge in [-0.25, -0.2) is 4.79 Å². The van der Waals surface area contributed by atoms with Crippen LogP contribution >= 0.6 is 0 Å². The zero-order valence-electron chi connectivity index (χ0n) is 7.60. The lowest BCUT2D eigenvalue weighted by atomic mass is 10.2. The van der Waals surface area contributed by atoms with Gasteiger partial charge in [-0.3, -0.25) is 4.79 Å². The maximum atomic E-state index is 11.4. The van der Waals surface area contributed by atoms with Crippen LogP contribution in [0, 0.1) is 11.8 Å². The highest BCUT2D eigenvalue weighted by atomic mass is 16.5. The topological polar surface area (TPSA) is 46.6 Å². The zero-order valence-corrected chi connectivity index (χ0v) is 7.60. The van der Waals surface area contributed by atoms with Crippen molar-refractivity contribution < 1.29 is 14.3 Å². The molecule has 0 bridgehead atoms. The average molecular weight is 183 g/mol. The Balaban J connectivity index is 2.02. The Kier molecular flexibility index (Phi) is 1.98. The normalized spacial score (nSPS) is 35.5. The monoisotopic (exact) mass is 183 g/mol. The predicted octanol–water partition coefficient (Wildman–Crippen LogP) is 0.0262. The summed E-state index contributed by atoms with van der Waals surface area (Å²) in [5.41, 5.74) is 0. The smallest absolute Gasteiger partial charge is 0.329 e. The van der Waals surface area contributed by atoms with Crippen LogP contribution < -0.4 is 0 Å². The van der Waals surface area contributed by atoms with Crippen LogP contribution in [0.25, 0.3) is 0 Å². The van der Waals surface area contributed by atoms with Crippen LogP contribution in [0.2, 0.25) is 0 Å². The third kappa shape index (κ3) is 1.30. The van der Waals surface area contributed by atoms with Crippen molar-refractivity contribution >= 4 is 12.4 Å². The Morgan fingerprint density at radius 2 is 2.46 bits per heavy atom. The van der Waals surface area contributed by atoms with Crippen molar-refractivity contribution in [3.63, 3.8) is 0 Å². The van der Waals surface area contributed by atoms with Gasteiger partial charge in [0.05, 0.1) is 6.61 Å². The van der Waals surface area contributed by atoms with Gasteiger partial charge in [0.1, 0.15) is 6.04 Å². The summed E-state index contributed by atoms with van der Waals surface area (Å²) in [5.74, 6) is 0.698. The average Bonchev–Trinajstić information content (AvgIpc) is 2.77. The summed E-state index contributed by atoms with van der Waals surface area (Å²) in [4.78, 5) is 23.6. The summed E-state index contributed by atoms with van der Waals surface area (Å²) in [6.07, 6.45) is 1.83. The third-order valence-electron chi connectivity index (χ3n) is 2.85. The molecule has 13 heavy (non-hydrogen) atoms. The van der Waals surface area contributed by atoms with Crippen molar-refractivity contribution in [3.05, 3.63) is 0 Å². The molecule has 0 aromatic heterocycles. The Morgan fingerprint density at radius 1 is 1.69 bits per heavy atom. The predicted molar refractivity (Wildman–Crippen MR) is 44.8 cm³/mol. The van der Waals surface area contributed by atoms with Crippen LogP contribution in [0.4, 0.5) is 0 Å². The first-order valence-electron chi connectivity index (χ1n) is 4.65. The summed E-state index contributed by atoms with van der Waals surface area (Å²) in [5, 5.41) is 0. The van der Waals surface area contributed by atoms with Gasteiger partial charge in [0.15, 0.2) is 0 Å². The van der Waals surface area contributed by atoms with Crippen LogP contribution in [-0.2, 0) is 14.3 Å². The number of esters is 1. The maximum Gasteiger partial charge on any atom is 0.329 e. The Morgan fingerprint density at radius 3 is 3.08 bits per heavy atom. The molecule has 1 unspecified atom stereocenters. The largest absolute Gasteiger partial charge is 0.464 e. The molecular weight excluding hydrogens is 170 g/mol. The molecule has 1 aliphatic heterocycles. The molecule has 1 saturated carbocycles. The van der Waals surface area contributed by atoms with Crippen LogP contribution in [0.1, 0.15) is 13.3 Å². The van der Waals surface area contributed by atoms with E-state index in [0.29, 0.717) is 18.4 Å². The first-order valence-corrected chi connectivity index (χ1v) is 4.65. The number of hydrogen-bond donors (Lipinski definition) is 0. The molecule has 2 aliphatic rings. The number of fused-ring (bicyclic) bond motifs is 1. The number of ether oxygens (including phenoxy) is 1. The molecule has 4 nitrogen and oxygen atoms in total. The number of piperidine rings is 1. The lowest BCUT2D eigenvalue weighted by molar-refractivity contribution is -0.151. The molecule has 4 heteroatoms. The molecule has 0 aromatic rings. The second-order valence-corrected chi connectivity index (χ2v) is 3.66. The van der Waals surface area contributed by atoms with Gasteiger partial charge in [-0.05, 0) is 25.2 Å². The molecule has 0 N–H and O–H groups in total. The van der Waals surface area contributed by atoms with Crippen LogP contribution in [0.15, 0.2) is 0 Å². The fourth-order valence-corrected chi connectivity index (χ4v) is 2.14. The van der Waals surface area contributed by atoms with E-state index < -0.39 is 0 Å². The van der Waals surface area contributed by atoms with Crippen molar-refractivity contribution in [2.24, 2.45) is 11.8 Å². The molecule has 1 amide bonds. The molecule has 0 spiro atoms. The Labute approximate surface area is 76.8 Å². The van der Waals surface area contributed by atoms with Gasteiger partial charge < -0.3 is 9.64 Å². The second-order valence-electron chi connectivity index (χ2n) is 3.66. The Bertz CT molecular complexity index is 241. The van der Waals surface area contributed by atoms with Crippen molar-refractivity contribution in [2.45, 2.75) is 19.4 Å². The molecule has 0 aromatic carbocycles. The molecule has 3 atom stereocenters. The molecule has 1 heterocycles. The molecule has 0 radical (unpaired) electrons. The van der Waals surface area contributed by atoms with Gasteiger partial charge in [0, 0.05) is 6.54 Å². The zero-order chi connectivity index (χ0) is 9.42. The molecule has 1 saturated heterocycles. The SMILES string of the molecule is CCOC(=O)C1[C@@H]2C[C@@H]2CN1C=O. The standard InChI is InChI=1S/C9H13NO3/c1-2-13-9(12)8-7-3-6(7)4-10(8)5-11/h5-8H,2-4H2,1H3/t6-,7-,8?/m1/s1. The highest BCUT2D eigenvalue weighted by molar-refractivity contribution is 5.80. The number of carbonyl (C=O) groups is 2. The molecular formula is C9H13NO3. The summed E-state index contributed by atoms with van der Waals surface area (Å²) >= 11 is 0. The highest BCUT2D eigenvalue weighted by Crippen LogP contribution is 2.49. The van der Waals surface area contributed by atoms with E-state index >= 15 is 0 Å². The quantitative estimate of drug-likeness (QED) is 0.458. The van der Waals surface area contributed by atoms with E-state index in [-0.39, 0.29) is 12.0 Å². The number of nitrogens with zero attached hydrogens (tertiary/aromatic N) is 1. The van der Waals surface area contributed by atoms with E-state index in [9.17, 15) is 9.59 Å². The van der Waals surface area contributed by atoms with Crippen LogP contribution in [0.5, 0.6) is 0 Å². The summed E-state index contributed by atoms with van der Waals surface area (Å²) in [7, 11) is 0. The van der Waals surface area contributed by atoms with Gasteiger partial charge in [-0.2, -0.15) is 0 Å². The van der Waals surface area contributed by atoms with E-state index in [1.807, 2.05) is 0 Å². The highest BCUT2D eigenvalue weighted by Gasteiger charge is 2.55. The van der Waals surface area contributed by atoms with Crippen LogP contribution in [-0.4, -0.2) is 36.5 Å². The minimum Gasteiger partial charge on any atom is -0.464 e. The van der Waals surface area contributed by atoms with E-state index in [0.717, 1.165) is 19.4 Å². The number of likely N-dealkylation sites (tertiary alicyclic amines) is 1. The number of rotatable bonds is 3. The third-order valence-corrected chi connectivity index (χ3v) is 2.85. The van der Waals surface area contributed by atoms with Gasteiger partial charge in [0.25, 0.3) is 0 Å². The summed E-state index contributed by atoms with van der Waals surface area (Å²) < 4.78 is 4.92. The van der Waals surface area contributed by atoms with Crippen molar-refractivity contribution in [2.75, 3.05) is 13.2 Å². The molecule has 2 fully saturated rings. The van der Waals surface area contributed by atoms with Crippen molar-refractivity contribution in [1.29, 1.82) is 0 Å². The Hall–Kier alpha value is -1.06. The number of amides is 1. The van der Waals surface area contributed by atoms with Crippen molar-refractivity contribution in [3.8, 4) is 0 Å². The van der Waals surface area contributed by atoms with Crippen molar-refractivity contribution in [1.82, 2.24) is 4.90 Å². The van der Waals surface area contributed by atoms with E-state index in [2.05, 4.69) is 0 Å². The summed E-state index contributed by atoms with van der Waals surface area (Å²) in [6.45, 7) is 2.90. The molecule has 2 rings (SSSR count). The lowest BCUT2D eigenvalue weighted by Gasteiger charge is -2.20. The maximum absolute atomic E-state index is 11.4. The van der Waals surface area contributed by atoms with E-state index in [4.69, 9.17) is 4.74 Å². The lowest BCUT2D eigenvalue weighted by Crippen LogP contribution is -2.39.